The van der Waals surface area contributed by atoms with Gasteiger partial charge in [-0.3, -0.25) is 0 Å². The zero-order valence-corrected chi connectivity index (χ0v) is 7.32. The average Bonchev–Trinajstić information content (AvgIpc) is 2.03. The second-order valence-electron chi connectivity index (χ2n) is 3.92. The Hall–Kier alpha value is -0.790. The van der Waals surface area contributed by atoms with Gasteiger partial charge in [0, 0.05) is 12.0 Å². The predicted molar refractivity (Wildman–Crippen MR) is 45.5 cm³/mol. The van der Waals surface area contributed by atoms with Gasteiger partial charge in [0.25, 0.3) is 0 Å². The Bertz CT molecular complexity index is 220. The standard InChI is InChI=1S/C10H14O2/c1-7-2-3-8-4-5-10(11)12-9(8)6-7/h4-5,7-9H,2-3,6H2,1H3/t7-,8+,9+/m0/s1. The molecule has 0 spiro atoms. The van der Waals surface area contributed by atoms with Gasteiger partial charge in [0.2, 0.25) is 0 Å². The summed E-state index contributed by atoms with van der Waals surface area (Å²) in [7, 11) is 0. The van der Waals surface area contributed by atoms with E-state index in [1.54, 1.807) is 6.08 Å². The summed E-state index contributed by atoms with van der Waals surface area (Å²) in [5.41, 5.74) is 0. The molecule has 0 saturated heterocycles. The van der Waals surface area contributed by atoms with Gasteiger partial charge >= 0.3 is 5.97 Å². The average molecular weight is 166 g/mol. The lowest BCUT2D eigenvalue weighted by Gasteiger charge is -2.34. The first kappa shape index (κ1) is 7.84. The van der Waals surface area contributed by atoms with Crippen LogP contribution >= 0.6 is 0 Å². The van der Waals surface area contributed by atoms with Crippen molar-refractivity contribution in [3.8, 4) is 0 Å². The molecule has 1 saturated carbocycles. The Balaban J connectivity index is 2.09. The molecule has 2 rings (SSSR count). The largest absolute Gasteiger partial charge is 0.459 e. The van der Waals surface area contributed by atoms with Crippen LogP contribution in [0.25, 0.3) is 0 Å². The molecule has 1 heterocycles. The Morgan fingerprint density at radius 2 is 2.33 bits per heavy atom. The molecule has 0 aromatic heterocycles. The number of carbonyl (C=O) groups excluding carboxylic acids is 1. The molecule has 66 valence electrons. The van der Waals surface area contributed by atoms with E-state index in [4.69, 9.17) is 4.74 Å². The quantitative estimate of drug-likeness (QED) is 0.514. The summed E-state index contributed by atoms with van der Waals surface area (Å²) >= 11 is 0. The van der Waals surface area contributed by atoms with Crippen molar-refractivity contribution in [2.75, 3.05) is 0 Å². The van der Waals surface area contributed by atoms with Gasteiger partial charge in [-0.25, -0.2) is 4.79 Å². The summed E-state index contributed by atoms with van der Waals surface area (Å²) in [6.45, 7) is 2.22. The first-order valence-corrected chi connectivity index (χ1v) is 4.64. The monoisotopic (exact) mass is 166 g/mol. The molecule has 0 amide bonds. The third-order valence-corrected chi connectivity index (χ3v) is 2.85. The number of hydrogen-bond acceptors (Lipinski definition) is 2. The van der Waals surface area contributed by atoms with Crippen molar-refractivity contribution in [1.82, 2.24) is 0 Å². The van der Waals surface area contributed by atoms with E-state index >= 15 is 0 Å². The molecule has 0 unspecified atom stereocenters. The van der Waals surface area contributed by atoms with Crippen LogP contribution in [0.1, 0.15) is 26.2 Å². The number of esters is 1. The van der Waals surface area contributed by atoms with Crippen molar-refractivity contribution in [1.29, 1.82) is 0 Å². The van der Waals surface area contributed by atoms with Crippen molar-refractivity contribution in [3.05, 3.63) is 12.2 Å². The van der Waals surface area contributed by atoms with Crippen LogP contribution in [0.3, 0.4) is 0 Å². The second-order valence-corrected chi connectivity index (χ2v) is 3.92. The lowest BCUT2D eigenvalue weighted by atomic mass is 9.80. The van der Waals surface area contributed by atoms with Gasteiger partial charge in [-0.05, 0) is 25.2 Å². The SMILES string of the molecule is C[C@H]1CC[C@@H]2C=CC(=O)O[C@@H]2C1. The highest BCUT2D eigenvalue weighted by Crippen LogP contribution is 2.33. The molecule has 0 bridgehead atoms. The number of ether oxygens (including phenoxy) is 1. The van der Waals surface area contributed by atoms with Gasteiger partial charge in [-0.15, -0.1) is 0 Å². The van der Waals surface area contributed by atoms with Crippen LogP contribution in [0.5, 0.6) is 0 Å². The Labute approximate surface area is 72.6 Å². The van der Waals surface area contributed by atoms with Crippen molar-refractivity contribution < 1.29 is 9.53 Å². The molecule has 2 aliphatic rings. The molecule has 2 nitrogen and oxygen atoms in total. The summed E-state index contributed by atoms with van der Waals surface area (Å²) in [4.78, 5) is 10.9. The fourth-order valence-corrected chi connectivity index (χ4v) is 2.10. The minimum absolute atomic E-state index is 0.162. The van der Waals surface area contributed by atoms with Crippen molar-refractivity contribution in [2.45, 2.75) is 32.3 Å². The van der Waals surface area contributed by atoms with Gasteiger partial charge in [0.1, 0.15) is 6.10 Å². The number of hydrogen-bond donors (Lipinski definition) is 0. The Morgan fingerprint density at radius 1 is 1.50 bits per heavy atom. The van der Waals surface area contributed by atoms with E-state index in [1.165, 1.54) is 12.8 Å². The molecule has 1 aliphatic carbocycles. The maximum atomic E-state index is 10.9. The first-order valence-electron chi connectivity index (χ1n) is 4.64. The van der Waals surface area contributed by atoms with Crippen LogP contribution in [0.15, 0.2) is 12.2 Å². The number of rotatable bonds is 0. The van der Waals surface area contributed by atoms with E-state index in [-0.39, 0.29) is 12.1 Å². The maximum absolute atomic E-state index is 10.9. The number of carbonyl (C=O) groups is 1. The lowest BCUT2D eigenvalue weighted by Crippen LogP contribution is -2.34. The fourth-order valence-electron chi connectivity index (χ4n) is 2.10. The smallest absolute Gasteiger partial charge is 0.330 e. The minimum Gasteiger partial charge on any atom is -0.459 e. The zero-order valence-electron chi connectivity index (χ0n) is 7.32. The molecule has 1 fully saturated rings. The summed E-state index contributed by atoms with van der Waals surface area (Å²) in [6, 6.07) is 0. The normalized spacial score (nSPS) is 40.4. The van der Waals surface area contributed by atoms with Gasteiger partial charge in [0.15, 0.2) is 0 Å². The summed E-state index contributed by atoms with van der Waals surface area (Å²) in [6.07, 6.45) is 7.24. The predicted octanol–water partition coefficient (Wildman–Crippen LogP) is 1.90. The second kappa shape index (κ2) is 2.92. The molecule has 2 heteroatoms. The lowest BCUT2D eigenvalue weighted by molar-refractivity contribution is -0.149. The highest BCUT2D eigenvalue weighted by Gasteiger charge is 2.31. The molecule has 0 aromatic carbocycles. The molecular formula is C10H14O2. The van der Waals surface area contributed by atoms with E-state index in [1.807, 2.05) is 6.08 Å². The maximum Gasteiger partial charge on any atom is 0.330 e. The fraction of sp³-hybridized carbons (Fsp3) is 0.700. The van der Waals surface area contributed by atoms with Crippen molar-refractivity contribution in [3.63, 3.8) is 0 Å². The Morgan fingerprint density at radius 3 is 3.17 bits per heavy atom. The van der Waals surface area contributed by atoms with Crippen molar-refractivity contribution in [2.24, 2.45) is 11.8 Å². The van der Waals surface area contributed by atoms with Crippen LogP contribution in [-0.2, 0) is 9.53 Å². The van der Waals surface area contributed by atoms with E-state index in [0.29, 0.717) is 11.8 Å². The zero-order chi connectivity index (χ0) is 8.55. The van der Waals surface area contributed by atoms with E-state index in [2.05, 4.69) is 6.92 Å². The van der Waals surface area contributed by atoms with Crippen molar-refractivity contribution >= 4 is 5.97 Å². The van der Waals surface area contributed by atoms with Crippen LogP contribution < -0.4 is 0 Å². The highest BCUT2D eigenvalue weighted by atomic mass is 16.5. The molecular weight excluding hydrogens is 152 g/mol. The summed E-state index contributed by atoms with van der Waals surface area (Å²) in [5.74, 6) is 1.05. The van der Waals surface area contributed by atoms with Gasteiger partial charge in [0.05, 0.1) is 0 Å². The summed E-state index contributed by atoms with van der Waals surface area (Å²) in [5, 5.41) is 0. The van der Waals surface area contributed by atoms with Gasteiger partial charge in [-0.2, -0.15) is 0 Å². The molecule has 0 N–H and O–H groups in total. The third kappa shape index (κ3) is 1.38. The van der Waals surface area contributed by atoms with Gasteiger partial charge < -0.3 is 4.74 Å². The van der Waals surface area contributed by atoms with E-state index in [9.17, 15) is 4.79 Å². The highest BCUT2D eigenvalue weighted by molar-refractivity contribution is 5.83. The van der Waals surface area contributed by atoms with E-state index in [0.717, 1.165) is 6.42 Å². The number of fused-ring (bicyclic) bond motifs is 1. The first-order chi connectivity index (χ1) is 5.75. The van der Waals surface area contributed by atoms with E-state index < -0.39 is 0 Å². The van der Waals surface area contributed by atoms with Crippen LogP contribution in [-0.4, -0.2) is 12.1 Å². The topological polar surface area (TPSA) is 26.3 Å². The van der Waals surface area contributed by atoms with Crippen LogP contribution in [0.4, 0.5) is 0 Å². The summed E-state index contributed by atoms with van der Waals surface area (Å²) < 4.78 is 5.23. The third-order valence-electron chi connectivity index (χ3n) is 2.85. The van der Waals surface area contributed by atoms with Gasteiger partial charge in [-0.1, -0.05) is 13.0 Å². The molecule has 0 aromatic rings. The Kier molecular flexibility index (Phi) is 1.91. The minimum atomic E-state index is -0.162. The van der Waals surface area contributed by atoms with Crippen LogP contribution in [0, 0.1) is 11.8 Å². The molecule has 1 aliphatic heterocycles. The van der Waals surface area contributed by atoms with Crippen LogP contribution in [0.2, 0.25) is 0 Å². The molecule has 0 radical (unpaired) electrons. The molecule has 3 atom stereocenters. The molecule has 12 heavy (non-hydrogen) atoms.